The van der Waals surface area contributed by atoms with E-state index in [4.69, 9.17) is 0 Å². The second-order valence-corrected chi connectivity index (χ2v) is 5.29. The molecule has 2 rings (SSSR count). The van der Waals surface area contributed by atoms with Gasteiger partial charge in [0.25, 0.3) is 0 Å². The highest BCUT2D eigenvalue weighted by molar-refractivity contribution is 14.1. The summed E-state index contributed by atoms with van der Waals surface area (Å²) < 4.78 is 13.1. The highest BCUT2D eigenvalue weighted by Crippen LogP contribution is 2.25. The summed E-state index contributed by atoms with van der Waals surface area (Å²) in [6, 6.07) is 11.0. The second-order valence-electron chi connectivity index (χ2n) is 4.31. The van der Waals surface area contributed by atoms with Gasteiger partial charge < -0.3 is 5.11 Å². The molecule has 0 spiro atoms. The standard InChI is InChI=1S/C15H12FIO2/c1-9-7-11(5-6-13(9)15(17)19)14(18)10-3-2-4-12(16)8-10/h2-8,14,18H,1H3. The number of aliphatic hydroxyl groups excluding tert-OH is 1. The monoisotopic (exact) mass is 370 g/mol. The molecule has 2 aromatic rings. The van der Waals surface area contributed by atoms with Gasteiger partial charge in [-0.05, 0) is 41.8 Å². The molecule has 19 heavy (non-hydrogen) atoms. The number of hydrogen-bond acceptors (Lipinski definition) is 2. The fraction of sp³-hybridized carbons (Fsp3) is 0.133. The molecule has 0 bridgehead atoms. The summed E-state index contributed by atoms with van der Waals surface area (Å²) in [6.07, 6.45) is -0.896. The average molecular weight is 370 g/mol. The van der Waals surface area contributed by atoms with Crippen molar-refractivity contribution in [2.75, 3.05) is 0 Å². The maximum Gasteiger partial charge on any atom is 0.222 e. The summed E-state index contributed by atoms with van der Waals surface area (Å²) in [7, 11) is 0. The van der Waals surface area contributed by atoms with Crippen molar-refractivity contribution < 1.29 is 14.3 Å². The molecule has 1 unspecified atom stereocenters. The van der Waals surface area contributed by atoms with Gasteiger partial charge in [0.2, 0.25) is 3.79 Å². The van der Waals surface area contributed by atoms with Crippen LogP contribution in [0.15, 0.2) is 42.5 Å². The van der Waals surface area contributed by atoms with Gasteiger partial charge >= 0.3 is 0 Å². The predicted octanol–water partition coefficient (Wildman–Crippen LogP) is 3.79. The van der Waals surface area contributed by atoms with Crippen molar-refractivity contribution in [1.29, 1.82) is 0 Å². The molecule has 0 saturated carbocycles. The van der Waals surface area contributed by atoms with Crippen LogP contribution < -0.4 is 0 Å². The normalized spacial score (nSPS) is 12.2. The van der Waals surface area contributed by atoms with Gasteiger partial charge in [0.05, 0.1) is 0 Å². The summed E-state index contributed by atoms with van der Waals surface area (Å²) in [5.41, 5.74) is 2.56. The van der Waals surface area contributed by atoms with Gasteiger partial charge in [-0.25, -0.2) is 4.39 Å². The zero-order chi connectivity index (χ0) is 14.0. The van der Waals surface area contributed by atoms with Crippen LogP contribution >= 0.6 is 22.6 Å². The van der Waals surface area contributed by atoms with Gasteiger partial charge in [0, 0.05) is 28.2 Å². The smallest absolute Gasteiger partial charge is 0.222 e. The quantitative estimate of drug-likeness (QED) is 0.660. The lowest BCUT2D eigenvalue weighted by Gasteiger charge is -2.13. The van der Waals surface area contributed by atoms with Gasteiger partial charge in [0.1, 0.15) is 11.9 Å². The number of aliphatic hydroxyl groups is 1. The Balaban J connectivity index is 2.37. The zero-order valence-electron chi connectivity index (χ0n) is 10.2. The van der Waals surface area contributed by atoms with Crippen LogP contribution in [0.25, 0.3) is 0 Å². The van der Waals surface area contributed by atoms with E-state index >= 15 is 0 Å². The van der Waals surface area contributed by atoms with Crippen LogP contribution in [-0.2, 0) is 0 Å². The maximum atomic E-state index is 13.1. The first-order valence-corrected chi connectivity index (χ1v) is 6.81. The molecular formula is C15H12FIO2. The van der Waals surface area contributed by atoms with Crippen molar-refractivity contribution >= 4 is 26.4 Å². The van der Waals surface area contributed by atoms with Crippen LogP contribution in [0.5, 0.6) is 0 Å². The van der Waals surface area contributed by atoms with Crippen molar-refractivity contribution in [1.82, 2.24) is 0 Å². The molecule has 4 heteroatoms. The lowest BCUT2D eigenvalue weighted by atomic mass is 9.98. The van der Waals surface area contributed by atoms with Crippen molar-refractivity contribution in [3.63, 3.8) is 0 Å². The van der Waals surface area contributed by atoms with E-state index in [9.17, 15) is 14.3 Å². The average Bonchev–Trinajstić information content (AvgIpc) is 2.37. The molecule has 98 valence electrons. The minimum absolute atomic E-state index is 0.0399. The lowest BCUT2D eigenvalue weighted by molar-refractivity contribution is 0.110. The van der Waals surface area contributed by atoms with Gasteiger partial charge in [-0.2, -0.15) is 0 Å². The Morgan fingerprint density at radius 3 is 2.47 bits per heavy atom. The van der Waals surface area contributed by atoms with Crippen LogP contribution in [0.4, 0.5) is 4.39 Å². The molecule has 0 aliphatic carbocycles. The summed E-state index contributed by atoms with van der Waals surface area (Å²) in [6.45, 7) is 1.81. The summed E-state index contributed by atoms with van der Waals surface area (Å²) in [4.78, 5) is 11.3. The molecule has 1 N–H and O–H groups in total. The fourth-order valence-corrected chi connectivity index (χ4v) is 2.55. The third kappa shape index (κ3) is 3.19. The Morgan fingerprint density at radius 1 is 1.21 bits per heavy atom. The minimum atomic E-state index is -0.896. The largest absolute Gasteiger partial charge is 0.384 e. The number of halogens is 2. The first-order valence-electron chi connectivity index (χ1n) is 5.73. The third-order valence-electron chi connectivity index (χ3n) is 2.94. The van der Waals surface area contributed by atoms with E-state index in [1.54, 1.807) is 52.9 Å². The maximum absolute atomic E-state index is 13.1. The molecule has 0 amide bonds. The van der Waals surface area contributed by atoms with Crippen LogP contribution in [0.2, 0.25) is 0 Å². The first-order chi connectivity index (χ1) is 8.99. The first kappa shape index (κ1) is 14.1. The Bertz CT molecular complexity index is 625. The number of hydrogen-bond donors (Lipinski definition) is 1. The van der Waals surface area contributed by atoms with E-state index in [1.165, 1.54) is 12.1 Å². The number of rotatable bonds is 3. The Hall–Kier alpha value is -1.27. The molecule has 2 nitrogen and oxygen atoms in total. The van der Waals surface area contributed by atoms with Crippen molar-refractivity contribution in [3.05, 3.63) is 70.5 Å². The molecule has 0 aliphatic heterocycles. The van der Waals surface area contributed by atoms with Crippen LogP contribution in [0.1, 0.15) is 33.2 Å². The second kappa shape index (κ2) is 5.79. The lowest BCUT2D eigenvalue weighted by Crippen LogP contribution is -2.02. The van der Waals surface area contributed by atoms with E-state index in [1.807, 2.05) is 6.92 Å². The van der Waals surface area contributed by atoms with Gasteiger partial charge in [-0.3, -0.25) is 4.79 Å². The summed E-state index contributed by atoms with van der Waals surface area (Å²) in [5, 5.41) is 10.2. The molecule has 0 radical (unpaired) electrons. The SMILES string of the molecule is Cc1cc(C(O)c2cccc(F)c2)ccc1C(=O)I. The molecular weight excluding hydrogens is 358 g/mol. The van der Waals surface area contributed by atoms with Crippen molar-refractivity contribution in [3.8, 4) is 0 Å². The van der Waals surface area contributed by atoms with E-state index in [2.05, 4.69) is 0 Å². The highest BCUT2D eigenvalue weighted by Gasteiger charge is 2.13. The van der Waals surface area contributed by atoms with E-state index in [0.29, 0.717) is 16.7 Å². The fourth-order valence-electron chi connectivity index (χ4n) is 1.95. The molecule has 1 atom stereocenters. The molecule has 0 fully saturated rings. The Kier molecular flexibility index (Phi) is 4.31. The van der Waals surface area contributed by atoms with Crippen molar-refractivity contribution in [2.24, 2.45) is 0 Å². The third-order valence-corrected chi connectivity index (χ3v) is 3.52. The summed E-state index contributed by atoms with van der Waals surface area (Å²) >= 11 is 1.73. The summed E-state index contributed by atoms with van der Waals surface area (Å²) in [5.74, 6) is -0.382. The number of aryl methyl sites for hydroxylation is 1. The predicted molar refractivity (Wildman–Crippen MR) is 80.0 cm³/mol. The highest BCUT2D eigenvalue weighted by atomic mass is 127. The molecule has 0 heterocycles. The van der Waals surface area contributed by atoms with Crippen molar-refractivity contribution in [2.45, 2.75) is 13.0 Å². The van der Waals surface area contributed by atoms with Gasteiger partial charge in [-0.1, -0.05) is 24.3 Å². The van der Waals surface area contributed by atoms with Crippen LogP contribution in [0.3, 0.4) is 0 Å². The van der Waals surface area contributed by atoms with E-state index in [-0.39, 0.29) is 9.61 Å². The zero-order valence-corrected chi connectivity index (χ0v) is 12.4. The van der Waals surface area contributed by atoms with Gasteiger partial charge in [0.15, 0.2) is 0 Å². The van der Waals surface area contributed by atoms with E-state index < -0.39 is 6.10 Å². The number of benzene rings is 2. The number of carbonyl (C=O) groups is 1. The minimum Gasteiger partial charge on any atom is -0.384 e. The molecule has 0 aliphatic rings. The van der Waals surface area contributed by atoms with E-state index in [0.717, 1.165) is 5.56 Å². The van der Waals surface area contributed by atoms with Crippen LogP contribution in [0, 0.1) is 12.7 Å². The molecule has 0 saturated heterocycles. The van der Waals surface area contributed by atoms with Gasteiger partial charge in [-0.15, -0.1) is 0 Å². The Labute approximate surface area is 124 Å². The Morgan fingerprint density at radius 2 is 1.89 bits per heavy atom. The van der Waals surface area contributed by atoms with Crippen LogP contribution in [-0.4, -0.2) is 8.90 Å². The topological polar surface area (TPSA) is 37.3 Å². The number of carbonyl (C=O) groups excluding carboxylic acids is 1. The molecule has 0 aromatic heterocycles. The molecule has 2 aromatic carbocycles.